The summed E-state index contributed by atoms with van der Waals surface area (Å²) in [5.41, 5.74) is 2.10. The zero-order chi connectivity index (χ0) is 16.6. The summed E-state index contributed by atoms with van der Waals surface area (Å²) in [4.78, 5) is 37.9. The van der Waals surface area contributed by atoms with Crippen molar-refractivity contribution in [1.82, 2.24) is 10.3 Å². The average Bonchev–Trinajstić information content (AvgIpc) is 2.92. The van der Waals surface area contributed by atoms with Crippen LogP contribution in [0.25, 0.3) is 10.9 Å². The first kappa shape index (κ1) is 15.3. The molecule has 1 unspecified atom stereocenters. The first-order chi connectivity index (χ1) is 10.9. The van der Waals surface area contributed by atoms with E-state index in [1.807, 2.05) is 19.9 Å². The normalized spacial score (nSPS) is 17.5. The van der Waals surface area contributed by atoms with Gasteiger partial charge in [0, 0.05) is 23.6 Å². The predicted molar refractivity (Wildman–Crippen MR) is 88.5 cm³/mol. The van der Waals surface area contributed by atoms with Crippen LogP contribution in [0.1, 0.15) is 38.2 Å². The lowest BCUT2D eigenvalue weighted by Crippen LogP contribution is -2.37. The number of carbonyl (C=O) groups excluding carboxylic acids is 2. The Labute approximate surface area is 133 Å². The Hall–Kier alpha value is -2.63. The van der Waals surface area contributed by atoms with Gasteiger partial charge < -0.3 is 15.6 Å². The Morgan fingerprint density at radius 2 is 2.04 bits per heavy atom. The molecule has 1 aliphatic rings. The van der Waals surface area contributed by atoms with Crippen LogP contribution in [0.3, 0.4) is 0 Å². The molecule has 1 aromatic heterocycles. The van der Waals surface area contributed by atoms with Gasteiger partial charge >= 0.3 is 0 Å². The minimum atomic E-state index is -0.487. The Morgan fingerprint density at radius 3 is 2.70 bits per heavy atom. The minimum Gasteiger partial charge on any atom is -0.344 e. The van der Waals surface area contributed by atoms with E-state index in [2.05, 4.69) is 15.6 Å². The number of nitrogens with one attached hydrogen (secondary N) is 3. The number of fused-ring (bicyclic) bond motifs is 1. The van der Waals surface area contributed by atoms with Crippen molar-refractivity contribution in [3.63, 3.8) is 0 Å². The maximum absolute atomic E-state index is 12.1. The lowest BCUT2D eigenvalue weighted by molar-refractivity contribution is -0.122. The van der Waals surface area contributed by atoms with Gasteiger partial charge in [0.2, 0.25) is 17.4 Å². The molecule has 2 aromatic rings. The second-order valence-corrected chi connectivity index (χ2v) is 6.15. The fraction of sp³-hybridized carbons (Fsp3) is 0.353. The van der Waals surface area contributed by atoms with E-state index in [0.29, 0.717) is 24.0 Å². The lowest BCUT2D eigenvalue weighted by atomic mass is 9.99. The molecule has 0 spiro atoms. The zero-order valence-corrected chi connectivity index (χ0v) is 13.1. The molecule has 3 N–H and O–H groups in total. The fourth-order valence-corrected chi connectivity index (χ4v) is 2.88. The third-order valence-corrected chi connectivity index (χ3v) is 4.08. The number of H-pyrrole nitrogens is 1. The Kier molecular flexibility index (Phi) is 3.90. The van der Waals surface area contributed by atoms with Crippen LogP contribution < -0.4 is 16.2 Å². The molecule has 3 rings (SSSR count). The second kappa shape index (κ2) is 5.87. The van der Waals surface area contributed by atoms with E-state index in [1.54, 1.807) is 18.2 Å². The minimum absolute atomic E-state index is 0.102. The molecule has 2 heterocycles. The SMILES string of the molecule is CC(C)c1cc(=O)[nH]c2cc(NC(=O)C3CCC(=O)N3)ccc12. The van der Waals surface area contributed by atoms with E-state index in [0.717, 1.165) is 10.9 Å². The molecule has 1 saturated heterocycles. The maximum Gasteiger partial charge on any atom is 0.248 e. The Balaban J connectivity index is 1.90. The molecular weight excluding hydrogens is 294 g/mol. The number of amides is 2. The summed E-state index contributed by atoms with van der Waals surface area (Å²) in [6.45, 7) is 4.07. The van der Waals surface area contributed by atoms with E-state index in [-0.39, 0.29) is 23.3 Å². The monoisotopic (exact) mass is 313 g/mol. The summed E-state index contributed by atoms with van der Waals surface area (Å²) < 4.78 is 0. The van der Waals surface area contributed by atoms with E-state index in [1.165, 1.54) is 0 Å². The summed E-state index contributed by atoms with van der Waals surface area (Å²) in [5.74, 6) is -0.110. The quantitative estimate of drug-likeness (QED) is 0.808. The van der Waals surface area contributed by atoms with E-state index >= 15 is 0 Å². The summed E-state index contributed by atoms with van der Waals surface area (Å²) in [7, 11) is 0. The third-order valence-electron chi connectivity index (χ3n) is 4.08. The van der Waals surface area contributed by atoms with Gasteiger partial charge in [0.15, 0.2) is 0 Å². The third kappa shape index (κ3) is 3.11. The van der Waals surface area contributed by atoms with Crippen LogP contribution in [0.4, 0.5) is 5.69 Å². The van der Waals surface area contributed by atoms with E-state index in [9.17, 15) is 14.4 Å². The topological polar surface area (TPSA) is 91.1 Å². The van der Waals surface area contributed by atoms with Gasteiger partial charge in [0.05, 0.1) is 5.52 Å². The first-order valence-electron chi connectivity index (χ1n) is 7.71. The van der Waals surface area contributed by atoms with Crippen LogP contribution in [0.2, 0.25) is 0 Å². The van der Waals surface area contributed by atoms with Crippen molar-refractivity contribution in [2.75, 3.05) is 5.32 Å². The number of rotatable bonds is 3. The Bertz CT molecular complexity index is 839. The largest absolute Gasteiger partial charge is 0.344 e. The van der Waals surface area contributed by atoms with Crippen LogP contribution in [0.5, 0.6) is 0 Å². The standard InChI is InChI=1S/C17H19N3O3/c1-9(2)12-8-16(22)20-14-7-10(3-4-11(12)14)18-17(23)13-5-6-15(21)19-13/h3-4,7-9,13H,5-6H2,1-2H3,(H,18,23)(H,19,21)(H,20,22). The van der Waals surface area contributed by atoms with Crippen LogP contribution in [-0.4, -0.2) is 22.8 Å². The van der Waals surface area contributed by atoms with Gasteiger partial charge in [0.1, 0.15) is 6.04 Å². The smallest absolute Gasteiger partial charge is 0.248 e. The molecule has 23 heavy (non-hydrogen) atoms. The lowest BCUT2D eigenvalue weighted by Gasteiger charge is -2.13. The molecule has 1 fully saturated rings. The van der Waals surface area contributed by atoms with Gasteiger partial charge in [0.25, 0.3) is 0 Å². The van der Waals surface area contributed by atoms with E-state index < -0.39 is 6.04 Å². The highest BCUT2D eigenvalue weighted by atomic mass is 16.2. The molecule has 0 saturated carbocycles. The average molecular weight is 313 g/mol. The molecule has 120 valence electrons. The molecule has 0 aliphatic carbocycles. The maximum atomic E-state index is 12.1. The van der Waals surface area contributed by atoms with Crippen molar-refractivity contribution < 1.29 is 9.59 Å². The number of anilines is 1. The molecule has 0 bridgehead atoms. The highest BCUT2D eigenvalue weighted by molar-refractivity contribution is 6.00. The number of carbonyl (C=O) groups is 2. The fourth-order valence-electron chi connectivity index (χ4n) is 2.88. The summed E-state index contributed by atoms with van der Waals surface area (Å²) >= 11 is 0. The number of hydrogen-bond acceptors (Lipinski definition) is 3. The van der Waals surface area contributed by atoms with Crippen LogP contribution in [0.15, 0.2) is 29.1 Å². The van der Waals surface area contributed by atoms with Gasteiger partial charge in [-0.2, -0.15) is 0 Å². The molecule has 6 nitrogen and oxygen atoms in total. The molecular formula is C17H19N3O3. The number of aromatic nitrogens is 1. The summed E-state index contributed by atoms with van der Waals surface area (Å²) in [6.07, 6.45) is 0.882. The molecule has 1 aliphatic heterocycles. The summed E-state index contributed by atoms with van der Waals surface area (Å²) in [5, 5.41) is 6.39. The number of hydrogen-bond donors (Lipinski definition) is 3. The van der Waals surface area contributed by atoms with E-state index in [4.69, 9.17) is 0 Å². The Morgan fingerprint density at radius 1 is 1.26 bits per heavy atom. The van der Waals surface area contributed by atoms with Crippen molar-refractivity contribution in [2.24, 2.45) is 0 Å². The molecule has 6 heteroatoms. The van der Waals surface area contributed by atoms with Gasteiger partial charge in [-0.3, -0.25) is 14.4 Å². The highest BCUT2D eigenvalue weighted by Gasteiger charge is 2.27. The van der Waals surface area contributed by atoms with Crippen molar-refractivity contribution in [3.8, 4) is 0 Å². The summed E-state index contributed by atoms with van der Waals surface area (Å²) in [6, 6.07) is 6.57. The van der Waals surface area contributed by atoms with Gasteiger partial charge in [-0.05, 0) is 30.0 Å². The molecule has 0 radical (unpaired) electrons. The molecule has 1 aromatic carbocycles. The number of benzene rings is 1. The second-order valence-electron chi connectivity index (χ2n) is 6.15. The van der Waals surface area contributed by atoms with Gasteiger partial charge in [-0.25, -0.2) is 0 Å². The first-order valence-corrected chi connectivity index (χ1v) is 7.71. The number of aromatic amines is 1. The van der Waals surface area contributed by atoms with Gasteiger partial charge in [-0.1, -0.05) is 19.9 Å². The highest BCUT2D eigenvalue weighted by Crippen LogP contribution is 2.25. The zero-order valence-electron chi connectivity index (χ0n) is 13.1. The van der Waals surface area contributed by atoms with Crippen molar-refractivity contribution >= 4 is 28.4 Å². The molecule has 1 atom stereocenters. The van der Waals surface area contributed by atoms with Gasteiger partial charge in [-0.15, -0.1) is 0 Å². The predicted octanol–water partition coefficient (Wildman–Crippen LogP) is 1.87. The number of pyridine rings is 1. The van der Waals surface area contributed by atoms with Crippen molar-refractivity contribution in [2.45, 2.75) is 38.6 Å². The molecule has 2 amide bonds. The van der Waals surface area contributed by atoms with Crippen molar-refractivity contribution in [1.29, 1.82) is 0 Å². The van der Waals surface area contributed by atoms with Crippen LogP contribution in [0, 0.1) is 0 Å². The van der Waals surface area contributed by atoms with Crippen LogP contribution >= 0.6 is 0 Å². The van der Waals surface area contributed by atoms with Crippen molar-refractivity contribution in [3.05, 3.63) is 40.2 Å². The van der Waals surface area contributed by atoms with Crippen LogP contribution in [-0.2, 0) is 9.59 Å².